The van der Waals surface area contributed by atoms with Crippen LogP contribution in [-0.2, 0) is 9.59 Å². The molecule has 2 heterocycles. The summed E-state index contributed by atoms with van der Waals surface area (Å²) in [7, 11) is 0. The second-order valence-corrected chi connectivity index (χ2v) is 8.44. The van der Waals surface area contributed by atoms with E-state index < -0.39 is 0 Å². The van der Waals surface area contributed by atoms with E-state index >= 15 is 0 Å². The van der Waals surface area contributed by atoms with E-state index in [4.69, 9.17) is 0 Å². The van der Waals surface area contributed by atoms with Gasteiger partial charge in [-0.25, -0.2) is 0 Å². The van der Waals surface area contributed by atoms with Crippen molar-refractivity contribution < 1.29 is 19.2 Å². The van der Waals surface area contributed by atoms with Crippen molar-refractivity contribution in [2.24, 2.45) is 5.92 Å². The highest BCUT2D eigenvalue weighted by Gasteiger charge is 2.35. The summed E-state index contributed by atoms with van der Waals surface area (Å²) >= 11 is 0. The molecule has 0 radical (unpaired) electrons. The fourth-order valence-corrected chi connectivity index (χ4v) is 4.31. The number of carbonyl (C=O) groups excluding carboxylic acids is 4. The van der Waals surface area contributed by atoms with Crippen LogP contribution >= 0.6 is 0 Å². The average Bonchev–Trinajstić information content (AvgIpc) is 3.04. The number of amides is 4. The van der Waals surface area contributed by atoms with Crippen molar-refractivity contribution in [3.05, 3.63) is 35.4 Å². The van der Waals surface area contributed by atoms with Gasteiger partial charge in [0, 0.05) is 32.6 Å². The van der Waals surface area contributed by atoms with Crippen LogP contribution in [0.4, 0.5) is 0 Å². The average molecular weight is 428 g/mol. The smallest absolute Gasteiger partial charge is 0.261 e. The lowest BCUT2D eigenvalue weighted by Crippen LogP contribution is -2.45. The first-order valence-electron chi connectivity index (χ1n) is 11.5. The predicted molar refractivity (Wildman–Crippen MR) is 117 cm³/mol. The second-order valence-electron chi connectivity index (χ2n) is 8.44. The third kappa shape index (κ3) is 5.71. The molecular weight excluding hydrogens is 394 g/mol. The first kappa shape index (κ1) is 23.0. The molecule has 1 atom stereocenters. The van der Waals surface area contributed by atoms with Crippen LogP contribution < -0.4 is 5.32 Å². The standard InChI is InChI=1S/C24H33N3O4/c1-2-3-4-7-14-25-22(29)18-10-8-15-26(17-18)21(28)13-9-16-27-23(30)19-11-5-6-12-20(19)24(27)31/h5-6,11-12,18H,2-4,7-10,13-17H2,1H3,(H,25,29). The largest absolute Gasteiger partial charge is 0.356 e. The first-order valence-corrected chi connectivity index (χ1v) is 11.5. The fraction of sp³-hybridized carbons (Fsp3) is 0.583. The number of hydrogen-bond acceptors (Lipinski definition) is 4. The maximum absolute atomic E-state index is 12.7. The number of nitrogens with zero attached hydrogens (tertiary/aromatic N) is 2. The highest BCUT2D eigenvalue weighted by atomic mass is 16.2. The van der Waals surface area contributed by atoms with Crippen molar-refractivity contribution >= 4 is 23.6 Å². The third-order valence-electron chi connectivity index (χ3n) is 6.12. The highest BCUT2D eigenvalue weighted by Crippen LogP contribution is 2.23. The van der Waals surface area contributed by atoms with Crippen molar-refractivity contribution in [3.8, 4) is 0 Å². The molecule has 31 heavy (non-hydrogen) atoms. The van der Waals surface area contributed by atoms with Gasteiger partial charge in [0.2, 0.25) is 11.8 Å². The number of piperidine rings is 1. The lowest BCUT2D eigenvalue weighted by molar-refractivity contribution is -0.135. The van der Waals surface area contributed by atoms with E-state index in [2.05, 4.69) is 12.2 Å². The van der Waals surface area contributed by atoms with Crippen molar-refractivity contribution in [2.45, 2.75) is 58.3 Å². The fourth-order valence-electron chi connectivity index (χ4n) is 4.31. The molecule has 0 aliphatic carbocycles. The molecule has 2 aliphatic heterocycles. The molecule has 0 saturated carbocycles. The van der Waals surface area contributed by atoms with Gasteiger partial charge in [-0.2, -0.15) is 0 Å². The number of fused-ring (bicyclic) bond motifs is 1. The van der Waals surface area contributed by atoms with E-state index in [-0.39, 0.29) is 42.5 Å². The Kier molecular flexibility index (Phi) is 8.20. The SMILES string of the molecule is CCCCCCNC(=O)C1CCCN(C(=O)CCCN2C(=O)c3ccccc3C2=O)C1. The van der Waals surface area contributed by atoms with E-state index in [1.807, 2.05) is 0 Å². The summed E-state index contributed by atoms with van der Waals surface area (Å²) in [5.41, 5.74) is 0.858. The molecule has 1 N–H and O–H groups in total. The number of nitrogens with one attached hydrogen (secondary N) is 1. The van der Waals surface area contributed by atoms with Gasteiger partial charge in [-0.1, -0.05) is 38.3 Å². The number of likely N-dealkylation sites (tertiary alicyclic amines) is 1. The number of rotatable bonds is 10. The van der Waals surface area contributed by atoms with Crippen molar-refractivity contribution in [1.82, 2.24) is 15.1 Å². The number of imide groups is 1. The van der Waals surface area contributed by atoms with Gasteiger partial charge in [0.05, 0.1) is 17.0 Å². The summed E-state index contributed by atoms with van der Waals surface area (Å²) in [4.78, 5) is 52.9. The molecule has 0 bridgehead atoms. The van der Waals surface area contributed by atoms with Crippen LogP contribution in [0.3, 0.4) is 0 Å². The summed E-state index contributed by atoms with van der Waals surface area (Å²) in [6.07, 6.45) is 6.78. The van der Waals surface area contributed by atoms with E-state index in [9.17, 15) is 19.2 Å². The van der Waals surface area contributed by atoms with Crippen LogP contribution in [0.15, 0.2) is 24.3 Å². The Bertz CT molecular complexity index is 788. The minimum absolute atomic E-state index is 0.0166. The zero-order chi connectivity index (χ0) is 22.2. The molecule has 168 valence electrons. The van der Waals surface area contributed by atoms with Gasteiger partial charge in [0.25, 0.3) is 11.8 Å². The Labute approximate surface area is 184 Å². The van der Waals surface area contributed by atoms with E-state index in [1.165, 1.54) is 17.7 Å². The van der Waals surface area contributed by atoms with Gasteiger partial charge in [-0.15, -0.1) is 0 Å². The van der Waals surface area contributed by atoms with Crippen molar-refractivity contribution in [1.29, 1.82) is 0 Å². The molecule has 3 rings (SSSR count). The Morgan fingerprint density at radius 1 is 1.03 bits per heavy atom. The van der Waals surface area contributed by atoms with Crippen molar-refractivity contribution in [2.75, 3.05) is 26.2 Å². The van der Waals surface area contributed by atoms with Gasteiger partial charge >= 0.3 is 0 Å². The monoisotopic (exact) mass is 427 g/mol. The zero-order valence-electron chi connectivity index (χ0n) is 18.4. The molecule has 1 aromatic rings. The van der Waals surface area contributed by atoms with Gasteiger partial charge in [-0.05, 0) is 37.8 Å². The molecule has 1 unspecified atom stereocenters. The Balaban J connectivity index is 1.41. The molecular formula is C24H33N3O4. The first-order chi connectivity index (χ1) is 15.0. The van der Waals surface area contributed by atoms with Gasteiger partial charge in [0.15, 0.2) is 0 Å². The molecule has 1 saturated heterocycles. The maximum atomic E-state index is 12.7. The van der Waals surface area contributed by atoms with Crippen LogP contribution in [0, 0.1) is 5.92 Å². The van der Waals surface area contributed by atoms with E-state index in [0.29, 0.717) is 37.2 Å². The predicted octanol–water partition coefficient (Wildman–Crippen LogP) is 3.00. The molecule has 0 aromatic heterocycles. The number of hydrogen-bond donors (Lipinski definition) is 1. The van der Waals surface area contributed by atoms with Crippen LogP contribution in [0.1, 0.15) is 79.0 Å². The molecule has 0 spiro atoms. The topological polar surface area (TPSA) is 86.8 Å². The molecule has 4 amide bonds. The third-order valence-corrected chi connectivity index (χ3v) is 6.12. The normalized spacial score (nSPS) is 18.3. The van der Waals surface area contributed by atoms with Crippen molar-refractivity contribution in [3.63, 3.8) is 0 Å². The Hall–Kier alpha value is -2.70. The van der Waals surface area contributed by atoms with E-state index in [1.54, 1.807) is 29.2 Å². The Morgan fingerprint density at radius 2 is 1.74 bits per heavy atom. The lowest BCUT2D eigenvalue weighted by atomic mass is 9.96. The molecule has 2 aliphatic rings. The van der Waals surface area contributed by atoms with Crippen LogP contribution in [-0.4, -0.2) is 59.6 Å². The summed E-state index contributed by atoms with van der Waals surface area (Å²) in [6.45, 7) is 4.20. The minimum Gasteiger partial charge on any atom is -0.356 e. The van der Waals surface area contributed by atoms with Gasteiger partial charge in [0.1, 0.15) is 0 Å². The summed E-state index contributed by atoms with van der Waals surface area (Å²) in [6, 6.07) is 6.79. The molecule has 1 aromatic carbocycles. The molecule has 7 heteroatoms. The highest BCUT2D eigenvalue weighted by molar-refractivity contribution is 6.21. The summed E-state index contributed by atoms with van der Waals surface area (Å²) in [5, 5.41) is 3.01. The second kappa shape index (κ2) is 11.1. The summed E-state index contributed by atoms with van der Waals surface area (Å²) < 4.78 is 0. The Morgan fingerprint density at radius 3 is 2.42 bits per heavy atom. The van der Waals surface area contributed by atoms with Gasteiger partial charge < -0.3 is 10.2 Å². The van der Waals surface area contributed by atoms with Crippen LogP contribution in [0.2, 0.25) is 0 Å². The molecule has 7 nitrogen and oxygen atoms in total. The summed E-state index contributed by atoms with van der Waals surface area (Å²) in [5.74, 6) is -0.708. The van der Waals surface area contributed by atoms with Crippen LogP contribution in [0.25, 0.3) is 0 Å². The zero-order valence-corrected chi connectivity index (χ0v) is 18.4. The number of benzene rings is 1. The minimum atomic E-state index is -0.290. The lowest BCUT2D eigenvalue weighted by Gasteiger charge is -2.32. The quantitative estimate of drug-likeness (QED) is 0.459. The van der Waals surface area contributed by atoms with Crippen LogP contribution in [0.5, 0.6) is 0 Å². The van der Waals surface area contributed by atoms with E-state index in [0.717, 1.165) is 25.7 Å². The maximum Gasteiger partial charge on any atom is 0.261 e. The molecule has 1 fully saturated rings. The van der Waals surface area contributed by atoms with Gasteiger partial charge in [-0.3, -0.25) is 24.1 Å². The number of unbranched alkanes of at least 4 members (excludes halogenated alkanes) is 3. The number of carbonyl (C=O) groups is 4.